The van der Waals surface area contributed by atoms with Crippen LogP contribution in [-0.2, 0) is 4.79 Å². The number of anilines is 2. The van der Waals surface area contributed by atoms with Crippen LogP contribution in [0.2, 0.25) is 0 Å². The van der Waals surface area contributed by atoms with Crippen molar-refractivity contribution in [1.82, 2.24) is 4.90 Å². The van der Waals surface area contributed by atoms with Gasteiger partial charge >= 0.3 is 5.97 Å². The average Bonchev–Trinajstić information content (AvgIpc) is 2.80. The number of carboxylic acid groups (broad SMARTS) is 1. The van der Waals surface area contributed by atoms with E-state index in [0.717, 1.165) is 18.7 Å². The van der Waals surface area contributed by atoms with Gasteiger partial charge in [0.05, 0.1) is 16.9 Å². The monoisotopic (exact) mass is 275 g/mol. The highest BCUT2D eigenvalue weighted by atomic mass is 16.4. The standard InChI is InChI=1S/C14H17N3O3/c15-11-3-1-9(14(19)20)7-12(11)16-5-6-17-10(8-16)2-4-13(17)18/h1,3,7,10H,2,4-6,8,15H2,(H,19,20). The molecule has 0 spiro atoms. The minimum atomic E-state index is -0.957. The number of fused-ring (bicyclic) bond motifs is 1. The molecule has 20 heavy (non-hydrogen) atoms. The van der Waals surface area contributed by atoms with Gasteiger partial charge < -0.3 is 20.6 Å². The van der Waals surface area contributed by atoms with E-state index in [2.05, 4.69) is 4.90 Å². The Morgan fingerprint density at radius 1 is 1.35 bits per heavy atom. The highest BCUT2D eigenvalue weighted by molar-refractivity contribution is 5.90. The Labute approximate surface area is 116 Å². The second kappa shape index (κ2) is 4.70. The number of hydrogen-bond donors (Lipinski definition) is 2. The van der Waals surface area contributed by atoms with E-state index in [1.807, 2.05) is 4.90 Å². The second-order valence-corrected chi connectivity index (χ2v) is 5.30. The van der Waals surface area contributed by atoms with Gasteiger partial charge in [0.25, 0.3) is 0 Å². The lowest BCUT2D eigenvalue weighted by molar-refractivity contribution is -0.129. The Morgan fingerprint density at radius 2 is 2.15 bits per heavy atom. The van der Waals surface area contributed by atoms with Crippen LogP contribution >= 0.6 is 0 Å². The molecule has 1 amide bonds. The summed E-state index contributed by atoms with van der Waals surface area (Å²) in [5, 5.41) is 9.07. The fourth-order valence-electron chi connectivity index (χ4n) is 3.03. The van der Waals surface area contributed by atoms with Crippen molar-refractivity contribution in [3.63, 3.8) is 0 Å². The highest BCUT2D eigenvalue weighted by Gasteiger charge is 2.35. The van der Waals surface area contributed by atoms with Crippen LogP contribution in [0.15, 0.2) is 18.2 Å². The largest absolute Gasteiger partial charge is 0.478 e. The third-order valence-electron chi connectivity index (χ3n) is 4.11. The van der Waals surface area contributed by atoms with Gasteiger partial charge in [0.15, 0.2) is 0 Å². The fraction of sp³-hybridized carbons (Fsp3) is 0.429. The summed E-state index contributed by atoms with van der Waals surface area (Å²) < 4.78 is 0. The van der Waals surface area contributed by atoms with E-state index in [1.54, 1.807) is 12.1 Å². The molecule has 0 saturated carbocycles. The molecule has 6 heteroatoms. The molecule has 2 aliphatic rings. The molecular formula is C14H17N3O3. The first kappa shape index (κ1) is 12.8. The number of aromatic carboxylic acids is 1. The zero-order valence-corrected chi connectivity index (χ0v) is 11.1. The number of nitrogen functional groups attached to an aromatic ring is 1. The lowest BCUT2D eigenvalue weighted by Gasteiger charge is -2.39. The van der Waals surface area contributed by atoms with Crippen molar-refractivity contribution in [2.24, 2.45) is 0 Å². The highest BCUT2D eigenvalue weighted by Crippen LogP contribution is 2.30. The van der Waals surface area contributed by atoms with Gasteiger partial charge in [0.2, 0.25) is 5.91 Å². The van der Waals surface area contributed by atoms with Gasteiger partial charge in [0.1, 0.15) is 0 Å². The summed E-state index contributed by atoms with van der Waals surface area (Å²) in [4.78, 5) is 26.7. The van der Waals surface area contributed by atoms with Crippen LogP contribution < -0.4 is 10.6 Å². The maximum atomic E-state index is 11.7. The van der Waals surface area contributed by atoms with Crippen molar-refractivity contribution in [1.29, 1.82) is 0 Å². The Balaban J connectivity index is 1.85. The van der Waals surface area contributed by atoms with Gasteiger partial charge in [-0.3, -0.25) is 4.79 Å². The SMILES string of the molecule is Nc1ccc(C(=O)O)cc1N1CCN2C(=O)CCC2C1. The van der Waals surface area contributed by atoms with Crippen LogP contribution in [0.5, 0.6) is 0 Å². The maximum absolute atomic E-state index is 11.7. The van der Waals surface area contributed by atoms with Gasteiger partial charge in [-0.25, -0.2) is 4.79 Å². The predicted molar refractivity (Wildman–Crippen MR) is 74.8 cm³/mol. The number of amides is 1. The normalized spacial score (nSPS) is 22.0. The molecule has 0 aliphatic carbocycles. The summed E-state index contributed by atoms with van der Waals surface area (Å²) in [7, 11) is 0. The molecule has 0 radical (unpaired) electrons. The molecule has 106 valence electrons. The molecule has 0 bridgehead atoms. The number of carbonyl (C=O) groups excluding carboxylic acids is 1. The molecule has 0 aromatic heterocycles. The Bertz CT molecular complexity index is 573. The third kappa shape index (κ3) is 2.07. The van der Waals surface area contributed by atoms with Gasteiger partial charge in [-0.15, -0.1) is 0 Å². The number of benzene rings is 1. The van der Waals surface area contributed by atoms with Crippen LogP contribution in [0, 0.1) is 0 Å². The predicted octanol–water partition coefficient (Wildman–Crippen LogP) is 0.778. The molecule has 2 fully saturated rings. The number of rotatable bonds is 2. The number of carboxylic acids is 1. The van der Waals surface area contributed by atoms with Gasteiger partial charge in [-0.05, 0) is 24.6 Å². The molecule has 1 unspecified atom stereocenters. The van der Waals surface area contributed by atoms with Crippen LogP contribution in [-0.4, -0.2) is 47.6 Å². The Morgan fingerprint density at radius 3 is 2.90 bits per heavy atom. The van der Waals surface area contributed by atoms with E-state index < -0.39 is 5.97 Å². The number of piperazine rings is 1. The fourth-order valence-corrected chi connectivity index (χ4v) is 3.03. The average molecular weight is 275 g/mol. The molecule has 3 N–H and O–H groups in total. The van der Waals surface area contributed by atoms with E-state index in [0.29, 0.717) is 25.2 Å². The zero-order chi connectivity index (χ0) is 14.3. The second-order valence-electron chi connectivity index (χ2n) is 5.30. The van der Waals surface area contributed by atoms with Crippen molar-refractivity contribution in [2.75, 3.05) is 30.3 Å². The molecule has 2 saturated heterocycles. The summed E-state index contributed by atoms with van der Waals surface area (Å²) in [5.41, 5.74) is 7.54. The number of nitrogens with zero attached hydrogens (tertiary/aromatic N) is 2. The molecule has 1 aromatic carbocycles. The lowest BCUT2D eigenvalue weighted by atomic mass is 10.1. The molecule has 2 aliphatic heterocycles. The first-order valence-electron chi connectivity index (χ1n) is 6.73. The quantitative estimate of drug-likeness (QED) is 0.779. The number of nitrogens with two attached hydrogens (primary N) is 1. The summed E-state index contributed by atoms with van der Waals surface area (Å²) in [5.74, 6) is -0.733. The van der Waals surface area contributed by atoms with Crippen LogP contribution in [0.3, 0.4) is 0 Å². The minimum absolute atomic E-state index is 0.224. The van der Waals surface area contributed by atoms with E-state index >= 15 is 0 Å². The van der Waals surface area contributed by atoms with Gasteiger partial charge in [-0.2, -0.15) is 0 Å². The zero-order valence-electron chi connectivity index (χ0n) is 11.1. The van der Waals surface area contributed by atoms with Crippen molar-refractivity contribution in [3.8, 4) is 0 Å². The first-order chi connectivity index (χ1) is 9.56. The van der Waals surface area contributed by atoms with Crippen LogP contribution in [0.1, 0.15) is 23.2 Å². The maximum Gasteiger partial charge on any atom is 0.335 e. The van der Waals surface area contributed by atoms with Crippen LogP contribution in [0.4, 0.5) is 11.4 Å². The van der Waals surface area contributed by atoms with E-state index in [-0.39, 0.29) is 17.5 Å². The molecule has 1 aromatic rings. The van der Waals surface area contributed by atoms with E-state index in [9.17, 15) is 9.59 Å². The van der Waals surface area contributed by atoms with Gasteiger partial charge in [0, 0.05) is 32.1 Å². The Kier molecular flexibility index (Phi) is 3.00. The van der Waals surface area contributed by atoms with Gasteiger partial charge in [-0.1, -0.05) is 0 Å². The molecule has 3 rings (SSSR count). The van der Waals surface area contributed by atoms with E-state index in [1.165, 1.54) is 6.07 Å². The van der Waals surface area contributed by atoms with Crippen molar-refractivity contribution >= 4 is 23.3 Å². The molecule has 2 heterocycles. The van der Waals surface area contributed by atoms with Crippen LogP contribution in [0.25, 0.3) is 0 Å². The lowest BCUT2D eigenvalue weighted by Crippen LogP contribution is -2.51. The van der Waals surface area contributed by atoms with Crippen molar-refractivity contribution in [2.45, 2.75) is 18.9 Å². The third-order valence-corrected chi connectivity index (χ3v) is 4.11. The molecule has 6 nitrogen and oxygen atoms in total. The number of carbonyl (C=O) groups is 2. The van der Waals surface area contributed by atoms with Crippen molar-refractivity contribution in [3.05, 3.63) is 23.8 Å². The summed E-state index contributed by atoms with van der Waals surface area (Å²) in [6, 6.07) is 4.98. The summed E-state index contributed by atoms with van der Waals surface area (Å²) >= 11 is 0. The first-order valence-corrected chi connectivity index (χ1v) is 6.73. The molecular weight excluding hydrogens is 258 g/mol. The Hall–Kier alpha value is -2.24. The van der Waals surface area contributed by atoms with Crippen molar-refractivity contribution < 1.29 is 14.7 Å². The summed E-state index contributed by atoms with van der Waals surface area (Å²) in [6.45, 7) is 2.09. The number of hydrogen-bond acceptors (Lipinski definition) is 4. The smallest absolute Gasteiger partial charge is 0.335 e. The minimum Gasteiger partial charge on any atom is -0.478 e. The topological polar surface area (TPSA) is 86.9 Å². The van der Waals surface area contributed by atoms with E-state index in [4.69, 9.17) is 10.8 Å². The summed E-state index contributed by atoms with van der Waals surface area (Å²) in [6.07, 6.45) is 1.48. The molecule has 1 atom stereocenters.